The van der Waals surface area contributed by atoms with E-state index in [1.165, 1.54) is 25.1 Å². The molecule has 2 amide bonds. The standard InChI is InChI=1S/C17H23ClFN3O2/c1-11(23)20-9-12-6-7-22(10-16(12)21(2)3)17(24)14-8-13(18)4-5-15(14)19/h4-5,8,12,16H,6-7,9-10H2,1-3H3,(H,20,23)/t12-,16-/m1/s1. The van der Waals surface area contributed by atoms with Crippen molar-refractivity contribution in [1.29, 1.82) is 0 Å². The van der Waals surface area contributed by atoms with E-state index in [4.69, 9.17) is 11.6 Å². The average molecular weight is 356 g/mol. The van der Waals surface area contributed by atoms with Gasteiger partial charge in [-0.3, -0.25) is 9.59 Å². The SMILES string of the molecule is CC(=O)NC[C@H]1CCN(C(=O)c2cc(Cl)ccc2F)C[C@H]1N(C)C. The Hall–Kier alpha value is -1.66. The van der Waals surface area contributed by atoms with Crippen molar-refractivity contribution in [3.05, 3.63) is 34.6 Å². The number of nitrogens with zero attached hydrogens (tertiary/aromatic N) is 2. The number of rotatable bonds is 4. The van der Waals surface area contributed by atoms with Crippen molar-refractivity contribution in [3.63, 3.8) is 0 Å². The monoisotopic (exact) mass is 355 g/mol. The van der Waals surface area contributed by atoms with E-state index < -0.39 is 5.82 Å². The van der Waals surface area contributed by atoms with Crippen LogP contribution in [-0.2, 0) is 4.79 Å². The second-order valence-corrected chi connectivity index (χ2v) is 6.83. The van der Waals surface area contributed by atoms with E-state index in [1.54, 1.807) is 4.90 Å². The lowest BCUT2D eigenvalue weighted by Gasteiger charge is -2.41. The Bertz CT molecular complexity index is 624. The number of likely N-dealkylation sites (N-methyl/N-ethyl adjacent to an activating group) is 1. The van der Waals surface area contributed by atoms with Crippen molar-refractivity contribution in [2.24, 2.45) is 5.92 Å². The van der Waals surface area contributed by atoms with Gasteiger partial charge < -0.3 is 15.1 Å². The number of amides is 2. The summed E-state index contributed by atoms with van der Waals surface area (Å²) < 4.78 is 14.0. The molecule has 5 nitrogen and oxygen atoms in total. The molecule has 132 valence electrons. The van der Waals surface area contributed by atoms with Gasteiger partial charge in [0.1, 0.15) is 5.82 Å². The fraction of sp³-hybridized carbons (Fsp3) is 0.529. The normalized spacial score (nSPS) is 21.0. The lowest BCUT2D eigenvalue weighted by molar-refractivity contribution is -0.119. The molecule has 0 spiro atoms. The molecule has 0 bridgehead atoms. The molecule has 1 aromatic rings. The second kappa shape index (κ2) is 7.94. The maximum atomic E-state index is 14.0. The molecule has 0 unspecified atom stereocenters. The van der Waals surface area contributed by atoms with Gasteiger partial charge in [-0.15, -0.1) is 0 Å². The molecular weight excluding hydrogens is 333 g/mol. The molecule has 24 heavy (non-hydrogen) atoms. The number of carbonyl (C=O) groups is 2. The third-order valence-electron chi connectivity index (χ3n) is 4.44. The Morgan fingerprint density at radius 1 is 1.42 bits per heavy atom. The first kappa shape index (κ1) is 18.7. The molecule has 1 N–H and O–H groups in total. The number of benzene rings is 1. The van der Waals surface area contributed by atoms with Gasteiger partial charge in [0.25, 0.3) is 5.91 Å². The summed E-state index contributed by atoms with van der Waals surface area (Å²) in [5, 5.41) is 3.18. The fourth-order valence-corrected chi connectivity index (χ4v) is 3.27. The molecule has 1 aliphatic rings. The Balaban J connectivity index is 2.12. The molecule has 0 saturated carbocycles. The molecule has 1 aromatic carbocycles. The first-order valence-corrected chi connectivity index (χ1v) is 8.32. The number of carbonyl (C=O) groups excluding carboxylic acids is 2. The number of piperidine rings is 1. The van der Waals surface area contributed by atoms with Gasteiger partial charge in [-0.2, -0.15) is 0 Å². The molecule has 1 heterocycles. The van der Waals surface area contributed by atoms with Crippen molar-refractivity contribution in [3.8, 4) is 0 Å². The summed E-state index contributed by atoms with van der Waals surface area (Å²) in [6.45, 7) is 3.08. The molecule has 0 aromatic heterocycles. The van der Waals surface area contributed by atoms with Crippen LogP contribution in [0, 0.1) is 11.7 Å². The molecule has 1 aliphatic heterocycles. The smallest absolute Gasteiger partial charge is 0.256 e. The Kier molecular flexibility index (Phi) is 6.18. The maximum absolute atomic E-state index is 14.0. The van der Waals surface area contributed by atoms with Gasteiger partial charge >= 0.3 is 0 Å². The van der Waals surface area contributed by atoms with Crippen LogP contribution in [0.4, 0.5) is 4.39 Å². The number of nitrogens with one attached hydrogen (secondary N) is 1. The summed E-state index contributed by atoms with van der Waals surface area (Å²) in [6, 6.07) is 4.10. The van der Waals surface area contributed by atoms with E-state index in [0.29, 0.717) is 24.7 Å². The van der Waals surface area contributed by atoms with Crippen LogP contribution in [0.15, 0.2) is 18.2 Å². The third-order valence-corrected chi connectivity index (χ3v) is 4.68. The molecule has 7 heteroatoms. The van der Waals surface area contributed by atoms with Crippen LogP contribution < -0.4 is 5.32 Å². The number of hydrogen-bond acceptors (Lipinski definition) is 3. The highest BCUT2D eigenvalue weighted by atomic mass is 35.5. The van der Waals surface area contributed by atoms with E-state index in [1.807, 2.05) is 19.0 Å². The quantitative estimate of drug-likeness (QED) is 0.899. The Labute approximate surface area is 146 Å². The minimum atomic E-state index is -0.564. The first-order valence-electron chi connectivity index (χ1n) is 7.94. The highest BCUT2D eigenvalue weighted by Gasteiger charge is 2.33. The number of hydrogen-bond donors (Lipinski definition) is 1. The zero-order valence-electron chi connectivity index (χ0n) is 14.2. The summed E-state index contributed by atoms with van der Waals surface area (Å²) in [5.41, 5.74) is 0.000294. The second-order valence-electron chi connectivity index (χ2n) is 6.39. The van der Waals surface area contributed by atoms with E-state index in [9.17, 15) is 14.0 Å². The minimum absolute atomic E-state index is 0.000294. The zero-order valence-corrected chi connectivity index (χ0v) is 14.9. The van der Waals surface area contributed by atoms with Crippen LogP contribution in [0.3, 0.4) is 0 Å². The van der Waals surface area contributed by atoms with Crippen LogP contribution >= 0.6 is 11.6 Å². The van der Waals surface area contributed by atoms with E-state index >= 15 is 0 Å². The largest absolute Gasteiger partial charge is 0.356 e. The summed E-state index contributed by atoms with van der Waals surface area (Å²) in [4.78, 5) is 27.5. The van der Waals surface area contributed by atoms with Gasteiger partial charge in [0.05, 0.1) is 5.56 Å². The molecule has 2 atom stereocenters. The van der Waals surface area contributed by atoms with Gasteiger partial charge in [0, 0.05) is 37.6 Å². The lowest BCUT2D eigenvalue weighted by Crippen LogP contribution is -2.54. The highest BCUT2D eigenvalue weighted by Crippen LogP contribution is 2.24. The fourth-order valence-electron chi connectivity index (χ4n) is 3.09. The summed E-state index contributed by atoms with van der Waals surface area (Å²) in [7, 11) is 3.89. The van der Waals surface area contributed by atoms with Crippen molar-refractivity contribution in [2.45, 2.75) is 19.4 Å². The highest BCUT2D eigenvalue weighted by molar-refractivity contribution is 6.31. The molecule has 2 rings (SSSR count). The van der Waals surface area contributed by atoms with Crippen molar-refractivity contribution < 1.29 is 14.0 Å². The predicted octanol–water partition coefficient (Wildman–Crippen LogP) is 2.01. The van der Waals surface area contributed by atoms with Gasteiger partial charge in [0.2, 0.25) is 5.91 Å². The Morgan fingerprint density at radius 3 is 2.75 bits per heavy atom. The third kappa shape index (κ3) is 4.45. The van der Waals surface area contributed by atoms with Crippen LogP contribution in [0.1, 0.15) is 23.7 Å². The van der Waals surface area contributed by atoms with Gasteiger partial charge in [-0.1, -0.05) is 11.6 Å². The summed E-state index contributed by atoms with van der Waals surface area (Å²) >= 11 is 5.89. The Morgan fingerprint density at radius 2 is 2.12 bits per heavy atom. The van der Waals surface area contributed by atoms with E-state index in [-0.39, 0.29) is 29.3 Å². The predicted molar refractivity (Wildman–Crippen MR) is 91.6 cm³/mol. The molecular formula is C17H23ClFN3O2. The van der Waals surface area contributed by atoms with Crippen LogP contribution in [0.2, 0.25) is 5.02 Å². The van der Waals surface area contributed by atoms with Crippen molar-refractivity contribution in [2.75, 3.05) is 33.7 Å². The molecule has 1 saturated heterocycles. The van der Waals surface area contributed by atoms with Crippen LogP contribution in [0.5, 0.6) is 0 Å². The summed E-state index contributed by atoms with van der Waals surface area (Å²) in [6.07, 6.45) is 0.747. The molecule has 0 radical (unpaired) electrons. The summed E-state index contributed by atoms with van der Waals surface area (Å²) in [5.74, 6) is -0.727. The average Bonchev–Trinajstić information content (AvgIpc) is 2.54. The van der Waals surface area contributed by atoms with Crippen LogP contribution in [0.25, 0.3) is 0 Å². The van der Waals surface area contributed by atoms with E-state index in [2.05, 4.69) is 5.32 Å². The van der Waals surface area contributed by atoms with Crippen molar-refractivity contribution >= 4 is 23.4 Å². The minimum Gasteiger partial charge on any atom is -0.356 e. The van der Waals surface area contributed by atoms with Gasteiger partial charge in [-0.05, 0) is 44.6 Å². The van der Waals surface area contributed by atoms with Crippen molar-refractivity contribution in [1.82, 2.24) is 15.1 Å². The first-order chi connectivity index (χ1) is 11.3. The van der Waals surface area contributed by atoms with Gasteiger partial charge in [0.15, 0.2) is 0 Å². The topological polar surface area (TPSA) is 52.7 Å². The number of likely N-dealkylation sites (tertiary alicyclic amines) is 1. The number of halogens is 2. The maximum Gasteiger partial charge on any atom is 0.256 e. The van der Waals surface area contributed by atoms with Crippen LogP contribution in [-0.4, -0.2) is 61.4 Å². The molecule has 1 fully saturated rings. The van der Waals surface area contributed by atoms with E-state index in [0.717, 1.165) is 6.42 Å². The van der Waals surface area contributed by atoms with Gasteiger partial charge in [-0.25, -0.2) is 4.39 Å². The lowest BCUT2D eigenvalue weighted by atomic mass is 9.90. The molecule has 0 aliphatic carbocycles. The zero-order chi connectivity index (χ0) is 17.9.